The Morgan fingerprint density at radius 2 is 2.10 bits per heavy atom. The van der Waals surface area contributed by atoms with E-state index < -0.39 is 10.0 Å². The van der Waals surface area contributed by atoms with Crippen molar-refractivity contribution in [3.63, 3.8) is 0 Å². The number of nitrogens with two attached hydrogens (primary N) is 1. The first kappa shape index (κ1) is 16.4. The monoisotopic (exact) mass is 311 g/mol. The van der Waals surface area contributed by atoms with Gasteiger partial charge in [0.05, 0.1) is 5.69 Å². The molecule has 1 aromatic heterocycles. The summed E-state index contributed by atoms with van der Waals surface area (Å²) in [7, 11) is -3.43. The molecule has 1 saturated heterocycles. The van der Waals surface area contributed by atoms with Crippen LogP contribution >= 0.6 is 0 Å². The van der Waals surface area contributed by atoms with Gasteiger partial charge in [0, 0.05) is 25.8 Å². The van der Waals surface area contributed by atoms with Crippen molar-refractivity contribution in [2.45, 2.75) is 44.6 Å². The van der Waals surface area contributed by atoms with Crippen LogP contribution in [0.5, 0.6) is 0 Å². The lowest BCUT2D eigenvalue weighted by Gasteiger charge is -2.21. The predicted octanol–water partition coefficient (Wildman–Crippen LogP) is 1.99. The highest BCUT2D eigenvalue weighted by Crippen LogP contribution is 2.27. The molecule has 0 aliphatic carbocycles. The van der Waals surface area contributed by atoms with Crippen LogP contribution in [0.4, 0.5) is 0 Å². The summed E-state index contributed by atoms with van der Waals surface area (Å²) in [6.07, 6.45) is 4.39. The van der Waals surface area contributed by atoms with Crippen molar-refractivity contribution in [2.24, 2.45) is 17.6 Å². The maximum Gasteiger partial charge on any atom is 0.244 e. The molecule has 1 unspecified atom stereocenters. The van der Waals surface area contributed by atoms with Crippen LogP contribution in [0.25, 0.3) is 0 Å². The highest BCUT2D eigenvalue weighted by atomic mass is 32.2. The lowest BCUT2D eigenvalue weighted by molar-refractivity contribution is 0.340. The largest absolute Gasteiger partial charge is 0.325 e. The van der Waals surface area contributed by atoms with E-state index in [4.69, 9.17) is 5.73 Å². The molecule has 1 atom stereocenters. The van der Waals surface area contributed by atoms with Crippen LogP contribution in [-0.4, -0.2) is 30.8 Å². The van der Waals surface area contributed by atoms with Crippen LogP contribution in [0.2, 0.25) is 0 Å². The minimum atomic E-state index is -3.43. The van der Waals surface area contributed by atoms with E-state index in [1.807, 2.05) is 0 Å². The smallest absolute Gasteiger partial charge is 0.244 e. The molecule has 1 aliphatic heterocycles. The third kappa shape index (κ3) is 3.81. The molecule has 6 heteroatoms. The van der Waals surface area contributed by atoms with Gasteiger partial charge in [-0.2, -0.15) is 4.31 Å². The Balaban J connectivity index is 2.15. The predicted molar refractivity (Wildman–Crippen MR) is 83.1 cm³/mol. The number of aromatic nitrogens is 1. The van der Waals surface area contributed by atoms with Gasteiger partial charge < -0.3 is 5.73 Å². The lowest BCUT2D eigenvalue weighted by atomic mass is 9.89. The van der Waals surface area contributed by atoms with Gasteiger partial charge in [0.2, 0.25) is 10.0 Å². The van der Waals surface area contributed by atoms with E-state index in [-0.39, 0.29) is 4.90 Å². The fraction of sp³-hybridized carbons (Fsp3) is 0.667. The van der Waals surface area contributed by atoms with Crippen molar-refractivity contribution in [2.75, 3.05) is 13.1 Å². The molecule has 0 saturated carbocycles. The number of pyridine rings is 1. The number of nitrogens with zero attached hydrogens (tertiary/aromatic N) is 2. The third-order valence-electron chi connectivity index (χ3n) is 4.32. The molecular weight excluding hydrogens is 286 g/mol. The zero-order valence-electron chi connectivity index (χ0n) is 12.8. The summed E-state index contributed by atoms with van der Waals surface area (Å²) < 4.78 is 26.9. The quantitative estimate of drug-likeness (QED) is 0.922. The van der Waals surface area contributed by atoms with E-state index in [1.165, 1.54) is 6.20 Å². The van der Waals surface area contributed by atoms with Crippen molar-refractivity contribution in [1.82, 2.24) is 9.29 Å². The van der Waals surface area contributed by atoms with Gasteiger partial charge in [-0.15, -0.1) is 0 Å². The molecule has 2 heterocycles. The highest BCUT2D eigenvalue weighted by Gasteiger charge is 2.28. The number of rotatable bonds is 4. The van der Waals surface area contributed by atoms with Crippen molar-refractivity contribution >= 4 is 10.0 Å². The topological polar surface area (TPSA) is 76.3 Å². The number of hydrogen-bond acceptors (Lipinski definition) is 4. The van der Waals surface area contributed by atoms with Gasteiger partial charge in [-0.1, -0.05) is 13.8 Å². The molecule has 0 amide bonds. The van der Waals surface area contributed by atoms with Crippen LogP contribution in [-0.2, 0) is 16.6 Å². The zero-order chi connectivity index (χ0) is 15.5. The van der Waals surface area contributed by atoms with Gasteiger partial charge in [-0.25, -0.2) is 8.42 Å². The van der Waals surface area contributed by atoms with Crippen molar-refractivity contribution in [3.05, 3.63) is 24.0 Å². The lowest BCUT2D eigenvalue weighted by Crippen LogP contribution is -2.32. The molecule has 1 fully saturated rings. The SMILES string of the molecule is CC(C)C1CCCN(S(=O)(=O)c2ccc(CN)nc2)CC1. The summed E-state index contributed by atoms with van der Waals surface area (Å²) in [6, 6.07) is 3.29. The maximum atomic E-state index is 12.7. The van der Waals surface area contributed by atoms with Gasteiger partial charge >= 0.3 is 0 Å². The summed E-state index contributed by atoms with van der Waals surface area (Å²) in [5.41, 5.74) is 6.19. The Morgan fingerprint density at radius 1 is 1.33 bits per heavy atom. The third-order valence-corrected chi connectivity index (χ3v) is 6.20. The summed E-state index contributed by atoms with van der Waals surface area (Å²) in [5.74, 6) is 1.22. The van der Waals surface area contributed by atoms with E-state index in [2.05, 4.69) is 18.8 Å². The Hall–Kier alpha value is -0.980. The van der Waals surface area contributed by atoms with Crippen molar-refractivity contribution in [3.8, 4) is 0 Å². The molecular formula is C15H25N3O2S. The fourth-order valence-corrected chi connectivity index (χ4v) is 4.28. The second-order valence-electron chi connectivity index (χ2n) is 6.03. The van der Waals surface area contributed by atoms with E-state index >= 15 is 0 Å². The minimum Gasteiger partial charge on any atom is -0.325 e. The highest BCUT2D eigenvalue weighted by molar-refractivity contribution is 7.89. The maximum absolute atomic E-state index is 12.7. The molecule has 0 radical (unpaired) electrons. The summed E-state index contributed by atoms with van der Waals surface area (Å²) >= 11 is 0. The molecule has 1 aliphatic rings. The number of hydrogen-bond donors (Lipinski definition) is 1. The van der Waals surface area contributed by atoms with Gasteiger partial charge in [0.25, 0.3) is 0 Å². The van der Waals surface area contributed by atoms with Crippen LogP contribution in [0, 0.1) is 11.8 Å². The standard InChI is InChI=1S/C15H25N3O2S/c1-12(2)13-4-3-8-18(9-7-13)21(19,20)15-6-5-14(10-16)17-11-15/h5-6,11-13H,3-4,7-10,16H2,1-2H3. The molecule has 0 aromatic carbocycles. The Morgan fingerprint density at radius 3 is 2.67 bits per heavy atom. The first-order valence-electron chi connectivity index (χ1n) is 7.60. The Labute approximate surface area is 127 Å². The molecule has 0 spiro atoms. The first-order valence-corrected chi connectivity index (χ1v) is 9.04. The van der Waals surface area contributed by atoms with Gasteiger partial charge in [0.1, 0.15) is 4.90 Å². The van der Waals surface area contributed by atoms with Crippen LogP contribution in [0.1, 0.15) is 38.8 Å². The summed E-state index contributed by atoms with van der Waals surface area (Å²) in [4.78, 5) is 4.36. The van der Waals surface area contributed by atoms with Crippen molar-refractivity contribution in [1.29, 1.82) is 0 Å². The molecule has 1 aromatic rings. The zero-order valence-corrected chi connectivity index (χ0v) is 13.6. The van der Waals surface area contributed by atoms with Gasteiger partial charge in [-0.05, 0) is 43.2 Å². The van der Waals surface area contributed by atoms with E-state index in [9.17, 15) is 8.42 Å². The average molecular weight is 311 g/mol. The first-order chi connectivity index (χ1) is 9.95. The molecule has 21 heavy (non-hydrogen) atoms. The normalized spacial score (nSPS) is 21.4. The molecule has 118 valence electrons. The summed E-state index contributed by atoms with van der Waals surface area (Å²) in [5, 5.41) is 0. The van der Waals surface area contributed by atoms with Crippen LogP contribution in [0.3, 0.4) is 0 Å². The van der Waals surface area contributed by atoms with E-state index in [0.717, 1.165) is 19.3 Å². The van der Waals surface area contributed by atoms with E-state index in [0.29, 0.717) is 37.2 Å². The Bertz CT molecular complexity index is 555. The van der Waals surface area contributed by atoms with Crippen LogP contribution in [0.15, 0.2) is 23.2 Å². The molecule has 2 N–H and O–H groups in total. The molecule has 5 nitrogen and oxygen atoms in total. The minimum absolute atomic E-state index is 0.266. The summed E-state index contributed by atoms with van der Waals surface area (Å²) in [6.45, 7) is 5.95. The average Bonchev–Trinajstić information content (AvgIpc) is 2.73. The van der Waals surface area contributed by atoms with Gasteiger partial charge in [0.15, 0.2) is 0 Å². The van der Waals surface area contributed by atoms with Crippen molar-refractivity contribution < 1.29 is 8.42 Å². The second kappa shape index (κ2) is 6.85. The van der Waals surface area contributed by atoms with Crippen LogP contribution < -0.4 is 5.73 Å². The second-order valence-corrected chi connectivity index (χ2v) is 7.97. The molecule has 2 rings (SSSR count). The molecule has 0 bridgehead atoms. The number of sulfonamides is 1. The Kier molecular flexibility index (Phi) is 5.35. The van der Waals surface area contributed by atoms with E-state index in [1.54, 1.807) is 16.4 Å². The fourth-order valence-electron chi connectivity index (χ4n) is 2.84. The van der Waals surface area contributed by atoms with Gasteiger partial charge in [-0.3, -0.25) is 4.98 Å².